The molecule has 2 N–H and O–H groups in total. The fourth-order valence-electron chi connectivity index (χ4n) is 4.83. The summed E-state index contributed by atoms with van der Waals surface area (Å²) in [5, 5.41) is 12.4. The Kier molecular flexibility index (Phi) is 5.59. The number of carboxylic acids is 1. The van der Waals surface area contributed by atoms with E-state index in [-0.39, 0.29) is 35.2 Å². The second kappa shape index (κ2) is 8.89. The Morgan fingerprint density at radius 1 is 1.18 bits per heavy atom. The molecular formula is C26H20F3N5O5. The van der Waals surface area contributed by atoms with Gasteiger partial charge >= 0.3 is 12.1 Å². The molecule has 0 unspecified atom stereocenters. The van der Waals surface area contributed by atoms with E-state index in [0.29, 0.717) is 30.8 Å². The second-order valence-electron chi connectivity index (χ2n) is 9.19. The van der Waals surface area contributed by atoms with Gasteiger partial charge in [0.25, 0.3) is 5.56 Å². The summed E-state index contributed by atoms with van der Waals surface area (Å²) >= 11 is 0. The molecule has 0 radical (unpaired) electrons. The zero-order valence-corrected chi connectivity index (χ0v) is 20.3. The van der Waals surface area contributed by atoms with Gasteiger partial charge in [-0.25, -0.2) is 14.8 Å². The van der Waals surface area contributed by atoms with Crippen molar-refractivity contribution in [1.82, 2.24) is 14.4 Å². The van der Waals surface area contributed by atoms with Crippen molar-refractivity contribution in [1.29, 1.82) is 0 Å². The number of aromatic carboxylic acids is 1. The van der Waals surface area contributed by atoms with Crippen molar-refractivity contribution in [3.8, 4) is 11.5 Å². The van der Waals surface area contributed by atoms with Gasteiger partial charge in [-0.2, -0.15) is 13.2 Å². The number of aromatic nitrogens is 3. The predicted molar refractivity (Wildman–Crippen MR) is 132 cm³/mol. The number of benzene rings is 1. The molecule has 0 aliphatic carbocycles. The number of fused-ring (bicyclic) bond motifs is 4. The maximum atomic E-state index is 13.8. The normalized spacial score (nSPS) is 14.9. The van der Waals surface area contributed by atoms with Crippen molar-refractivity contribution in [3.05, 3.63) is 87.0 Å². The van der Waals surface area contributed by atoms with Crippen LogP contribution in [0.4, 0.5) is 24.8 Å². The maximum Gasteiger partial charge on any atom is 0.417 e. The van der Waals surface area contributed by atoms with Crippen LogP contribution in [0, 0.1) is 0 Å². The van der Waals surface area contributed by atoms with E-state index in [1.54, 1.807) is 13.0 Å². The number of ether oxygens (including phenoxy) is 2. The molecule has 2 aliphatic rings. The highest BCUT2D eigenvalue weighted by atomic mass is 19.4. The number of nitrogens with one attached hydrogen (secondary N) is 1. The lowest BCUT2D eigenvalue weighted by Gasteiger charge is -2.22. The van der Waals surface area contributed by atoms with E-state index >= 15 is 0 Å². The number of anilines is 2. The number of nitrogens with zero attached hydrogens (tertiary/aromatic N) is 4. The molecule has 200 valence electrons. The SMILES string of the molecule is C[C@@H](Nc1ncccc1C(=O)O)c1cc(C(F)(F)F)cn2c(=O)cc(N3Cc4ccc5c(c4C3)OCO5)nc12. The summed E-state index contributed by atoms with van der Waals surface area (Å²) in [6.07, 6.45) is -2.66. The molecule has 1 aromatic carbocycles. The number of hydrogen-bond donors (Lipinski definition) is 2. The van der Waals surface area contributed by atoms with Crippen LogP contribution in [-0.4, -0.2) is 32.2 Å². The molecule has 0 fully saturated rings. The van der Waals surface area contributed by atoms with Gasteiger partial charge in [0.15, 0.2) is 11.5 Å². The fraction of sp³-hybridized carbons (Fsp3) is 0.231. The van der Waals surface area contributed by atoms with E-state index in [2.05, 4.69) is 15.3 Å². The highest BCUT2D eigenvalue weighted by Crippen LogP contribution is 2.42. The highest BCUT2D eigenvalue weighted by molar-refractivity contribution is 5.93. The number of pyridine rings is 2. The molecule has 10 nitrogen and oxygen atoms in total. The highest BCUT2D eigenvalue weighted by Gasteiger charge is 2.34. The van der Waals surface area contributed by atoms with Gasteiger partial charge in [0, 0.05) is 42.7 Å². The molecule has 0 saturated carbocycles. The lowest BCUT2D eigenvalue weighted by atomic mass is 10.1. The molecular weight excluding hydrogens is 519 g/mol. The third-order valence-electron chi connectivity index (χ3n) is 6.73. The number of halogens is 3. The van der Waals surface area contributed by atoms with Gasteiger partial charge in [-0.15, -0.1) is 0 Å². The largest absolute Gasteiger partial charge is 0.478 e. The number of alkyl halides is 3. The van der Waals surface area contributed by atoms with Gasteiger partial charge in [0.2, 0.25) is 6.79 Å². The number of carboxylic acid groups (broad SMARTS) is 1. The maximum absolute atomic E-state index is 13.8. The van der Waals surface area contributed by atoms with E-state index < -0.39 is 29.3 Å². The van der Waals surface area contributed by atoms with E-state index in [4.69, 9.17) is 9.47 Å². The Morgan fingerprint density at radius 2 is 2.00 bits per heavy atom. The molecule has 39 heavy (non-hydrogen) atoms. The Morgan fingerprint density at radius 3 is 2.77 bits per heavy atom. The van der Waals surface area contributed by atoms with Crippen molar-refractivity contribution in [3.63, 3.8) is 0 Å². The van der Waals surface area contributed by atoms with Gasteiger partial charge in [0.05, 0.1) is 11.6 Å². The zero-order chi connectivity index (χ0) is 27.5. The summed E-state index contributed by atoms with van der Waals surface area (Å²) in [6.45, 7) is 2.43. The predicted octanol–water partition coefficient (Wildman–Crippen LogP) is 4.23. The summed E-state index contributed by atoms with van der Waals surface area (Å²) in [5.41, 5.74) is 0.000871. The number of carbonyl (C=O) groups is 1. The lowest BCUT2D eigenvalue weighted by molar-refractivity contribution is -0.137. The Hall–Kier alpha value is -4.81. The van der Waals surface area contributed by atoms with Gasteiger partial charge in [0.1, 0.15) is 22.8 Å². The molecule has 6 rings (SSSR count). The van der Waals surface area contributed by atoms with Crippen LogP contribution in [0.25, 0.3) is 5.65 Å². The molecule has 0 spiro atoms. The van der Waals surface area contributed by atoms with Crippen molar-refractivity contribution in [2.24, 2.45) is 0 Å². The summed E-state index contributed by atoms with van der Waals surface area (Å²) in [5.74, 6) is 0.251. The average Bonchev–Trinajstić information content (AvgIpc) is 3.54. The smallest absolute Gasteiger partial charge is 0.417 e. The first-order chi connectivity index (χ1) is 18.6. The molecule has 5 heterocycles. The third kappa shape index (κ3) is 4.25. The summed E-state index contributed by atoms with van der Waals surface area (Å²) in [4.78, 5) is 35.2. The number of rotatable bonds is 5. The van der Waals surface area contributed by atoms with Gasteiger partial charge in [-0.3, -0.25) is 9.20 Å². The van der Waals surface area contributed by atoms with E-state index in [1.807, 2.05) is 11.0 Å². The summed E-state index contributed by atoms with van der Waals surface area (Å²) in [7, 11) is 0. The van der Waals surface area contributed by atoms with Gasteiger partial charge in [-0.1, -0.05) is 6.07 Å². The van der Waals surface area contributed by atoms with Crippen LogP contribution >= 0.6 is 0 Å². The van der Waals surface area contributed by atoms with E-state index in [1.165, 1.54) is 24.4 Å². The molecule has 4 aromatic rings. The van der Waals surface area contributed by atoms with Crippen molar-refractivity contribution >= 4 is 23.3 Å². The quantitative estimate of drug-likeness (QED) is 0.384. The molecule has 1 atom stereocenters. The molecule has 0 saturated heterocycles. The average molecular weight is 539 g/mol. The van der Waals surface area contributed by atoms with Crippen LogP contribution < -0.4 is 25.2 Å². The Labute approximate surface area is 218 Å². The van der Waals surface area contributed by atoms with E-state index in [0.717, 1.165) is 21.6 Å². The first-order valence-electron chi connectivity index (χ1n) is 11.8. The first-order valence-corrected chi connectivity index (χ1v) is 11.8. The molecule has 0 amide bonds. The second-order valence-corrected chi connectivity index (χ2v) is 9.19. The van der Waals surface area contributed by atoms with Crippen LogP contribution in [0.1, 0.15) is 45.6 Å². The monoisotopic (exact) mass is 539 g/mol. The van der Waals surface area contributed by atoms with Crippen LogP contribution in [-0.2, 0) is 19.3 Å². The Bertz CT molecular complexity index is 1700. The summed E-state index contributed by atoms with van der Waals surface area (Å²) in [6, 6.07) is 7.67. The minimum Gasteiger partial charge on any atom is -0.478 e. The minimum atomic E-state index is -4.74. The van der Waals surface area contributed by atoms with Gasteiger partial charge < -0.3 is 24.8 Å². The Balaban J connectivity index is 1.45. The van der Waals surface area contributed by atoms with Gasteiger partial charge in [-0.05, 0) is 36.8 Å². The van der Waals surface area contributed by atoms with Crippen molar-refractivity contribution < 1.29 is 32.5 Å². The third-order valence-corrected chi connectivity index (χ3v) is 6.73. The van der Waals surface area contributed by atoms with Crippen molar-refractivity contribution in [2.75, 3.05) is 17.0 Å². The molecule has 2 aliphatic heterocycles. The van der Waals surface area contributed by atoms with Crippen molar-refractivity contribution in [2.45, 2.75) is 32.2 Å². The lowest BCUT2D eigenvalue weighted by Crippen LogP contribution is -2.25. The topological polar surface area (TPSA) is 118 Å². The molecule has 0 bridgehead atoms. The van der Waals surface area contributed by atoms with Crippen LogP contribution in [0.15, 0.2) is 53.6 Å². The summed E-state index contributed by atoms with van der Waals surface area (Å²) < 4.78 is 53.3. The van der Waals surface area contributed by atoms with Crippen LogP contribution in [0.2, 0.25) is 0 Å². The first kappa shape index (κ1) is 24.5. The zero-order valence-electron chi connectivity index (χ0n) is 20.3. The minimum absolute atomic E-state index is 0.000857. The van der Waals surface area contributed by atoms with Crippen LogP contribution in [0.3, 0.4) is 0 Å². The standard InChI is InChI=1S/C26H20F3N5O5/c1-13(31-23-16(25(36)37)3-2-6-30-23)17-7-15(26(27,28)29)10-34-21(35)8-20(32-24(17)34)33-9-14-4-5-19-22(18(14)11-33)39-12-38-19/h2-8,10,13H,9,11-12H2,1H3,(H,30,31)(H,36,37)/t13-/m1/s1. The number of hydrogen-bond acceptors (Lipinski definition) is 8. The fourth-order valence-corrected chi connectivity index (χ4v) is 4.83. The molecule has 13 heteroatoms. The molecule has 3 aromatic heterocycles. The van der Waals surface area contributed by atoms with E-state index in [9.17, 15) is 27.9 Å². The van der Waals surface area contributed by atoms with Crippen LogP contribution in [0.5, 0.6) is 11.5 Å².